The molecule has 1 aliphatic carbocycles. The summed E-state index contributed by atoms with van der Waals surface area (Å²) in [5.41, 5.74) is 15.3. The van der Waals surface area contributed by atoms with E-state index in [1.807, 2.05) is 6.92 Å². The van der Waals surface area contributed by atoms with Crippen LogP contribution in [0.4, 0.5) is 11.4 Å². The Morgan fingerprint density at radius 1 is 1.20 bits per heavy atom. The minimum atomic E-state index is -3.85. The Morgan fingerprint density at radius 2 is 1.91 bits per heavy atom. The molecular weight excluding hydrogens is 470 g/mol. The number of aromatic nitrogens is 1. The largest absolute Gasteiger partial charge is 0.396 e. The van der Waals surface area contributed by atoms with Crippen molar-refractivity contribution in [2.45, 2.75) is 56.8 Å². The average molecular weight is 508 g/mol. The first kappa shape index (κ1) is 25.9. The minimum Gasteiger partial charge on any atom is -0.396 e. The van der Waals surface area contributed by atoms with Crippen LogP contribution in [0.5, 0.6) is 0 Å². The molecule has 4 rings (SSSR count). The summed E-state index contributed by atoms with van der Waals surface area (Å²) in [5, 5.41) is 10.4. The van der Waals surface area contributed by atoms with Gasteiger partial charge in [-0.1, -0.05) is 18.0 Å². The SMILES string of the molecule is Cc1noc(C)c1-c1cc(NC(N)NCCN2CCOCC2)c(N)c(S(=O)(=O)NC2CCCC2)c1. The third-order valence-electron chi connectivity index (χ3n) is 6.64. The zero-order valence-corrected chi connectivity index (χ0v) is 21.3. The second-order valence-electron chi connectivity index (χ2n) is 9.27. The summed E-state index contributed by atoms with van der Waals surface area (Å²) >= 11 is 0. The van der Waals surface area contributed by atoms with Crippen molar-refractivity contribution in [1.29, 1.82) is 0 Å². The topological polar surface area (TPSA) is 161 Å². The first-order valence-corrected chi connectivity index (χ1v) is 13.7. The smallest absolute Gasteiger partial charge is 0.242 e. The van der Waals surface area contributed by atoms with Gasteiger partial charge in [0.2, 0.25) is 10.0 Å². The lowest BCUT2D eigenvalue weighted by Gasteiger charge is -2.27. The van der Waals surface area contributed by atoms with Gasteiger partial charge < -0.3 is 20.3 Å². The third kappa shape index (κ3) is 6.32. The molecule has 0 radical (unpaired) electrons. The molecule has 2 aliphatic rings. The number of aryl methyl sites for hydroxylation is 2. The summed E-state index contributed by atoms with van der Waals surface area (Å²) in [5.74, 6) is 0.596. The van der Waals surface area contributed by atoms with Crippen molar-refractivity contribution in [3.8, 4) is 11.1 Å². The predicted molar refractivity (Wildman–Crippen MR) is 135 cm³/mol. The highest BCUT2D eigenvalue weighted by molar-refractivity contribution is 7.89. The number of nitrogen functional groups attached to an aromatic ring is 1. The molecule has 1 aromatic carbocycles. The second kappa shape index (κ2) is 11.2. The fourth-order valence-corrected chi connectivity index (χ4v) is 6.24. The van der Waals surface area contributed by atoms with E-state index >= 15 is 0 Å². The number of anilines is 2. The summed E-state index contributed by atoms with van der Waals surface area (Å²) < 4.78 is 40.3. The van der Waals surface area contributed by atoms with E-state index in [2.05, 4.69) is 25.4 Å². The Kier molecular flexibility index (Phi) is 8.30. The fraction of sp³-hybridized carbons (Fsp3) is 0.609. The van der Waals surface area contributed by atoms with E-state index in [0.29, 0.717) is 29.2 Å². The highest BCUT2D eigenvalue weighted by Crippen LogP contribution is 2.36. The van der Waals surface area contributed by atoms with E-state index in [9.17, 15) is 8.42 Å². The monoisotopic (exact) mass is 507 g/mol. The highest BCUT2D eigenvalue weighted by Gasteiger charge is 2.27. The van der Waals surface area contributed by atoms with Gasteiger partial charge in [-0.15, -0.1) is 0 Å². The predicted octanol–water partition coefficient (Wildman–Crippen LogP) is 1.34. The summed E-state index contributed by atoms with van der Waals surface area (Å²) in [6.45, 7) is 8.37. The molecule has 194 valence electrons. The molecule has 11 nitrogen and oxygen atoms in total. The van der Waals surface area contributed by atoms with Crippen LogP contribution in [0.2, 0.25) is 0 Å². The minimum absolute atomic E-state index is 0.0184. The number of ether oxygens (including phenoxy) is 1. The Hall–Kier alpha value is -2.22. The quantitative estimate of drug-likeness (QED) is 0.234. The lowest BCUT2D eigenvalue weighted by molar-refractivity contribution is 0.0382. The number of rotatable bonds is 10. The Labute approximate surface area is 207 Å². The van der Waals surface area contributed by atoms with E-state index in [1.54, 1.807) is 19.1 Å². The van der Waals surface area contributed by atoms with Crippen molar-refractivity contribution in [2.75, 3.05) is 50.4 Å². The molecule has 35 heavy (non-hydrogen) atoms. The zero-order chi connectivity index (χ0) is 25.0. The Morgan fingerprint density at radius 3 is 2.57 bits per heavy atom. The Bertz CT molecular complexity index is 1090. The van der Waals surface area contributed by atoms with Crippen molar-refractivity contribution in [1.82, 2.24) is 20.1 Å². The van der Waals surface area contributed by atoms with E-state index in [4.69, 9.17) is 20.7 Å². The summed E-state index contributed by atoms with van der Waals surface area (Å²) in [6, 6.07) is 3.30. The molecule has 1 unspecified atom stereocenters. The Balaban J connectivity index is 1.57. The van der Waals surface area contributed by atoms with Gasteiger partial charge in [-0.05, 0) is 44.4 Å². The molecule has 1 saturated carbocycles. The lowest BCUT2D eigenvalue weighted by atomic mass is 10.0. The van der Waals surface area contributed by atoms with Gasteiger partial charge in [-0.3, -0.25) is 16.0 Å². The van der Waals surface area contributed by atoms with Crippen molar-refractivity contribution >= 4 is 21.4 Å². The lowest BCUT2D eigenvalue weighted by Crippen LogP contribution is -2.48. The molecule has 2 aromatic rings. The maximum atomic E-state index is 13.4. The van der Waals surface area contributed by atoms with Gasteiger partial charge in [0, 0.05) is 37.8 Å². The maximum absolute atomic E-state index is 13.4. The van der Waals surface area contributed by atoms with Crippen molar-refractivity contribution < 1.29 is 17.7 Å². The molecule has 1 aromatic heterocycles. The van der Waals surface area contributed by atoms with Crippen molar-refractivity contribution in [3.63, 3.8) is 0 Å². The van der Waals surface area contributed by atoms with Gasteiger partial charge in [0.1, 0.15) is 16.9 Å². The number of hydrogen-bond donors (Lipinski definition) is 5. The fourth-order valence-electron chi connectivity index (χ4n) is 4.76. The van der Waals surface area contributed by atoms with E-state index in [1.165, 1.54) is 0 Å². The molecule has 1 atom stereocenters. The first-order chi connectivity index (χ1) is 16.7. The molecule has 2 heterocycles. The zero-order valence-electron chi connectivity index (χ0n) is 20.5. The summed E-state index contributed by atoms with van der Waals surface area (Å²) in [7, 11) is -3.85. The van der Waals surface area contributed by atoms with Crippen LogP contribution in [0.25, 0.3) is 11.1 Å². The third-order valence-corrected chi connectivity index (χ3v) is 8.20. The molecule has 1 aliphatic heterocycles. The van der Waals surface area contributed by atoms with E-state index in [0.717, 1.165) is 64.1 Å². The molecule has 0 bridgehead atoms. The average Bonchev–Trinajstić information content (AvgIpc) is 3.44. The number of morpholine rings is 1. The van der Waals surface area contributed by atoms with Gasteiger partial charge >= 0.3 is 0 Å². The van der Waals surface area contributed by atoms with Crippen LogP contribution in [-0.2, 0) is 14.8 Å². The molecule has 0 amide bonds. The standard InChI is InChI=1S/C23H37N7O4S/c1-15-21(16(2)34-28-15)17-13-19(27-23(25)26-7-8-30-9-11-33-12-10-30)22(24)20(14-17)35(31,32)29-18-5-3-4-6-18/h13-14,18,23,26-27,29H,3-12,24-25H2,1-2H3. The van der Waals surface area contributed by atoms with Crippen LogP contribution in [0.3, 0.4) is 0 Å². The number of nitrogens with zero attached hydrogens (tertiary/aromatic N) is 2. The van der Waals surface area contributed by atoms with Gasteiger partial charge in [0.15, 0.2) is 0 Å². The number of hydrogen-bond acceptors (Lipinski definition) is 10. The molecule has 0 spiro atoms. The van der Waals surface area contributed by atoms with Gasteiger partial charge in [-0.2, -0.15) is 0 Å². The number of sulfonamides is 1. The molecule has 12 heteroatoms. The van der Waals surface area contributed by atoms with Gasteiger partial charge in [-0.25, -0.2) is 13.1 Å². The van der Waals surface area contributed by atoms with Crippen LogP contribution in [-0.4, -0.2) is 70.2 Å². The van der Waals surface area contributed by atoms with Gasteiger partial charge in [0.05, 0.1) is 30.3 Å². The normalized spacial score (nSPS) is 18.7. The summed E-state index contributed by atoms with van der Waals surface area (Å²) in [4.78, 5) is 2.32. The second-order valence-corrected chi connectivity index (χ2v) is 11.0. The van der Waals surface area contributed by atoms with E-state index in [-0.39, 0.29) is 16.6 Å². The number of nitrogens with two attached hydrogens (primary N) is 2. The van der Waals surface area contributed by atoms with E-state index < -0.39 is 16.3 Å². The first-order valence-electron chi connectivity index (χ1n) is 12.2. The molecule has 7 N–H and O–H groups in total. The summed E-state index contributed by atoms with van der Waals surface area (Å²) in [6.07, 6.45) is 3.05. The van der Waals surface area contributed by atoms with Crippen LogP contribution in [0.1, 0.15) is 37.1 Å². The highest BCUT2D eigenvalue weighted by atomic mass is 32.2. The number of benzene rings is 1. The molecular formula is C23H37N7O4S. The maximum Gasteiger partial charge on any atom is 0.242 e. The van der Waals surface area contributed by atoms with Crippen LogP contribution in [0, 0.1) is 13.8 Å². The van der Waals surface area contributed by atoms with Crippen LogP contribution >= 0.6 is 0 Å². The van der Waals surface area contributed by atoms with Gasteiger partial charge in [0.25, 0.3) is 0 Å². The van der Waals surface area contributed by atoms with Crippen molar-refractivity contribution in [3.05, 3.63) is 23.6 Å². The van der Waals surface area contributed by atoms with Crippen LogP contribution < -0.4 is 26.8 Å². The van der Waals surface area contributed by atoms with Crippen LogP contribution in [0.15, 0.2) is 21.6 Å². The van der Waals surface area contributed by atoms with Crippen molar-refractivity contribution in [2.24, 2.45) is 5.73 Å². The molecule has 2 fully saturated rings. The molecule has 1 saturated heterocycles. The number of nitrogens with one attached hydrogen (secondary N) is 3.